The number of hydrogen-bond acceptors (Lipinski definition) is 7. The van der Waals surface area contributed by atoms with E-state index in [0.29, 0.717) is 28.1 Å². The first-order valence-electron chi connectivity index (χ1n) is 17.4. The second-order valence-electron chi connectivity index (χ2n) is 14.4. The molecule has 2 aliphatic heterocycles. The molecule has 1 N–H and O–H groups in total. The number of aromatic hydroxyl groups is 1. The van der Waals surface area contributed by atoms with Crippen molar-refractivity contribution in [3.05, 3.63) is 130 Å². The Morgan fingerprint density at radius 3 is 2.28 bits per heavy atom. The first-order chi connectivity index (χ1) is 25.4. The van der Waals surface area contributed by atoms with Gasteiger partial charge >= 0.3 is 0 Å². The van der Waals surface area contributed by atoms with Crippen molar-refractivity contribution in [2.24, 2.45) is 29.1 Å². The number of anilines is 2. The van der Waals surface area contributed by atoms with Crippen LogP contribution in [0.15, 0.2) is 103 Å². The predicted octanol–water partition coefficient (Wildman–Crippen LogP) is 7.40. The second kappa shape index (κ2) is 12.8. The van der Waals surface area contributed by atoms with E-state index in [2.05, 4.69) is 0 Å². The summed E-state index contributed by atoms with van der Waals surface area (Å²) < 4.78 is 20.2. The SMILES string of the molecule is CC(=O)c1ccc(N2C(=O)C3CC=C4C(CC5C(=O)N(c6ccc(F)c(Cl)c6)C(=O)C5(C)C4c4ccc(OCc5ccccc5)cc4O)C3C2=O)cc1. The summed E-state index contributed by atoms with van der Waals surface area (Å²) in [5.41, 5.74) is 1.44. The molecule has 3 fully saturated rings. The maximum atomic E-state index is 14.7. The average molecular weight is 733 g/mol. The smallest absolute Gasteiger partial charge is 0.241 e. The molecular weight excluding hydrogens is 699 g/mol. The van der Waals surface area contributed by atoms with Gasteiger partial charge < -0.3 is 9.84 Å². The highest BCUT2D eigenvalue weighted by molar-refractivity contribution is 6.32. The van der Waals surface area contributed by atoms with E-state index in [1.54, 1.807) is 43.3 Å². The van der Waals surface area contributed by atoms with Crippen LogP contribution in [0.2, 0.25) is 5.02 Å². The van der Waals surface area contributed by atoms with Crippen LogP contribution in [0, 0.1) is 34.9 Å². The number of allylic oxidation sites excluding steroid dienone is 2. The topological polar surface area (TPSA) is 121 Å². The quantitative estimate of drug-likeness (QED) is 0.119. The molecular formula is C42H34ClFN2O7. The lowest BCUT2D eigenvalue weighted by Gasteiger charge is -2.49. The number of fused-ring (bicyclic) bond motifs is 4. The molecule has 0 spiro atoms. The van der Waals surface area contributed by atoms with Gasteiger partial charge in [-0.2, -0.15) is 0 Å². The van der Waals surface area contributed by atoms with Gasteiger partial charge in [-0.3, -0.25) is 28.9 Å². The lowest BCUT2D eigenvalue weighted by atomic mass is 9.51. The number of benzene rings is 4. The van der Waals surface area contributed by atoms with E-state index in [-0.39, 0.29) is 47.6 Å². The van der Waals surface area contributed by atoms with E-state index in [9.17, 15) is 33.5 Å². The Labute approximate surface area is 309 Å². The van der Waals surface area contributed by atoms with E-state index < -0.39 is 58.5 Å². The Morgan fingerprint density at radius 1 is 0.887 bits per heavy atom. The number of nitrogens with zero attached hydrogens (tertiary/aromatic N) is 2. The number of phenolic OH excluding ortho intramolecular Hbond substituents is 1. The highest BCUT2D eigenvalue weighted by Gasteiger charge is 2.68. The fraction of sp³-hybridized carbons (Fsp3) is 0.262. The van der Waals surface area contributed by atoms with Crippen LogP contribution in [-0.4, -0.2) is 34.5 Å². The van der Waals surface area contributed by atoms with Crippen molar-refractivity contribution in [1.29, 1.82) is 0 Å². The second-order valence-corrected chi connectivity index (χ2v) is 14.8. The van der Waals surface area contributed by atoms with Crippen LogP contribution >= 0.6 is 11.6 Å². The summed E-state index contributed by atoms with van der Waals surface area (Å²) in [6.45, 7) is 3.38. The molecule has 6 atom stereocenters. The molecule has 0 aromatic heterocycles. The third-order valence-corrected chi connectivity index (χ3v) is 11.8. The van der Waals surface area contributed by atoms with Crippen molar-refractivity contribution < 1.29 is 38.2 Å². The van der Waals surface area contributed by atoms with Crippen LogP contribution in [0.25, 0.3) is 0 Å². The Bertz CT molecular complexity index is 2260. The third kappa shape index (κ3) is 5.38. The Hall–Kier alpha value is -5.61. The Morgan fingerprint density at radius 2 is 1.60 bits per heavy atom. The van der Waals surface area contributed by atoms with Crippen molar-refractivity contribution in [2.45, 2.75) is 39.2 Å². The van der Waals surface area contributed by atoms with Crippen LogP contribution in [0.5, 0.6) is 11.5 Å². The molecule has 1 saturated carbocycles. The number of halogens is 2. The standard InChI is InChI=1S/C42H34ClFN2O7/c1-22(47)24-8-10-25(11-9-24)45-38(49)30-16-15-28-31(36(30)40(45)51)20-32-39(50)46(26-12-17-34(44)33(43)18-26)41(52)42(32,2)37(28)29-14-13-27(19-35(29)48)53-21-23-6-4-3-5-7-23/h3-15,17-19,30-32,36-37,48H,16,20-21H2,1-2H3. The third-order valence-electron chi connectivity index (χ3n) is 11.5. The molecule has 4 aromatic carbocycles. The van der Waals surface area contributed by atoms with E-state index in [1.807, 2.05) is 36.4 Å². The van der Waals surface area contributed by atoms with Crippen molar-refractivity contribution >= 4 is 52.4 Å². The first kappa shape index (κ1) is 34.5. The van der Waals surface area contributed by atoms with Gasteiger partial charge in [-0.1, -0.05) is 59.6 Å². The zero-order chi connectivity index (χ0) is 37.3. The summed E-state index contributed by atoms with van der Waals surface area (Å²) >= 11 is 6.11. The summed E-state index contributed by atoms with van der Waals surface area (Å²) in [6, 6.07) is 24.3. The molecule has 8 rings (SSSR count). The van der Waals surface area contributed by atoms with Crippen molar-refractivity contribution in [1.82, 2.24) is 0 Å². The zero-order valence-corrected chi connectivity index (χ0v) is 29.5. The van der Waals surface area contributed by atoms with Gasteiger partial charge in [-0.15, -0.1) is 0 Å². The predicted molar refractivity (Wildman–Crippen MR) is 194 cm³/mol. The van der Waals surface area contributed by atoms with Crippen LogP contribution in [-0.2, 0) is 25.8 Å². The maximum absolute atomic E-state index is 14.7. The van der Waals surface area contributed by atoms with E-state index in [1.165, 1.54) is 25.1 Å². The minimum absolute atomic E-state index is 0.0885. The number of carbonyl (C=O) groups is 5. The number of carbonyl (C=O) groups excluding carboxylic acids is 5. The summed E-state index contributed by atoms with van der Waals surface area (Å²) in [6.07, 6.45) is 2.18. The summed E-state index contributed by atoms with van der Waals surface area (Å²) in [5, 5.41) is 11.4. The minimum atomic E-state index is -1.44. The highest BCUT2D eigenvalue weighted by Crippen LogP contribution is 2.64. The average Bonchev–Trinajstić information content (AvgIpc) is 3.52. The number of hydrogen-bond donors (Lipinski definition) is 1. The minimum Gasteiger partial charge on any atom is -0.508 e. The Kier molecular flexibility index (Phi) is 8.33. The highest BCUT2D eigenvalue weighted by atomic mass is 35.5. The van der Waals surface area contributed by atoms with Crippen molar-refractivity contribution in [3.63, 3.8) is 0 Å². The molecule has 268 valence electrons. The van der Waals surface area contributed by atoms with Gasteiger partial charge in [0.15, 0.2) is 5.78 Å². The maximum Gasteiger partial charge on any atom is 0.241 e. The molecule has 11 heteroatoms. The molecule has 53 heavy (non-hydrogen) atoms. The Balaban J connectivity index is 1.21. The lowest BCUT2D eigenvalue weighted by Crippen LogP contribution is -2.48. The van der Waals surface area contributed by atoms with Gasteiger partial charge in [0.25, 0.3) is 0 Å². The molecule has 6 unspecified atom stereocenters. The fourth-order valence-electron chi connectivity index (χ4n) is 8.93. The molecule has 4 amide bonds. The monoisotopic (exact) mass is 732 g/mol. The summed E-state index contributed by atoms with van der Waals surface area (Å²) in [4.78, 5) is 71.5. The number of imide groups is 2. The summed E-state index contributed by atoms with van der Waals surface area (Å²) in [7, 11) is 0. The first-order valence-corrected chi connectivity index (χ1v) is 17.8. The number of ketones is 1. The normalized spacial score (nSPS) is 26.3. The van der Waals surface area contributed by atoms with Gasteiger partial charge in [-0.05, 0) is 86.7 Å². The van der Waals surface area contributed by atoms with Gasteiger partial charge in [0.05, 0.1) is 39.6 Å². The molecule has 0 radical (unpaired) electrons. The molecule has 2 saturated heterocycles. The van der Waals surface area contributed by atoms with Gasteiger partial charge in [0.2, 0.25) is 23.6 Å². The number of amides is 4. The van der Waals surface area contributed by atoms with E-state index in [0.717, 1.165) is 21.4 Å². The summed E-state index contributed by atoms with van der Waals surface area (Å²) in [5.74, 6) is -6.55. The number of ether oxygens (including phenoxy) is 1. The molecule has 2 aliphatic carbocycles. The molecule has 0 bridgehead atoms. The van der Waals surface area contributed by atoms with E-state index >= 15 is 0 Å². The van der Waals surface area contributed by atoms with Crippen LogP contribution in [0.1, 0.15) is 54.1 Å². The van der Waals surface area contributed by atoms with Gasteiger partial charge in [-0.25, -0.2) is 9.29 Å². The molecule has 4 aliphatic rings. The molecule has 2 heterocycles. The lowest BCUT2D eigenvalue weighted by molar-refractivity contribution is -0.131. The van der Waals surface area contributed by atoms with E-state index in [4.69, 9.17) is 16.3 Å². The zero-order valence-electron chi connectivity index (χ0n) is 28.8. The van der Waals surface area contributed by atoms with Crippen LogP contribution < -0.4 is 14.5 Å². The van der Waals surface area contributed by atoms with Gasteiger partial charge in [0, 0.05) is 23.1 Å². The van der Waals surface area contributed by atoms with Crippen molar-refractivity contribution in [3.8, 4) is 11.5 Å². The van der Waals surface area contributed by atoms with Gasteiger partial charge in [0.1, 0.15) is 23.9 Å². The number of Topliss-reactive ketones (excluding diaryl/α,β-unsaturated/α-hetero) is 1. The van der Waals surface area contributed by atoms with Crippen LogP contribution in [0.4, 0.5) is 15.8 Å². The number of rotatable bonds is 7. The van der Waals surface area contributed by atoms with Crippen LogP contribution in [0.3, 0.4) is 0 Å². The fourth-order valence-corrected chi connectivity index (χ4v) is 9.10. The molecule has 4 aromatic rings. The number of phenols is 1. The molecule has 9 nitrogen and oxygen atoms in total. The largest absolute Gasteiger partial charge is 0.508 e. The van der Waals surface area contributed by atoms with Crippen molar-refractivity contribution in [2.75, 3.05) is 9.80 Å².